The van der Waals surface area contributed by atoms with E-state index in [1.165, 1.54) is 0 Å². The first-order chi connectivity index (χ1) is 14.1. The van der Waals surface area contributed by atoms with Crippen LogP contribution in [0.1, 0.15) is 27.3 Å². The highest BCUT2D eigenvalue weighted by Crippen LogP contribution is 2.36. The number of aliphatic hydroxyl groups excluding tert-OH is 1. The van der Waals surface area contributed by atoms with Gasteiger partial charge in [0.1, 0.15) is 17.2 Å². The number of nitrogens with zero attached hydrogens (tertiary/aromatic N) is 2. The maximum Gasteiger partial charge on any atom is 0.201 e. The van der Waals surface area contributed by atoms with Crippen LogP contribution in [-0.2, 0) is 0 Å². The number of rotatable bonds is 3. The zero-order valence-corrected chi connectivity index (χ0v) is 15.7. The molecule has 1 aliphatic carbocycles. The van der Waals surface area contributed by atoms with Crippen molar-refractivity contribution in [3.05, 3.63) is 95.3 Å². The maximum atomic E-state index is 12.9. The molecule has 5 nitrogen and oxygen atoms in total. The molecule has 2 N–H and O–H groups in total. The lowest BCUT2D eigenvalue weighted by Gasteiger charge is -2.11. The Balaban J connectivity index is 1.67. The van der Waals surface area contributed by atoms with Gasteiger partial charge in [-0.05, 0) is 31.2 Å². The first-order valence-electron chi connectivity index (χ1n) is 9.30. The molecule has 140 valence electrons. The van der Waals surface area contributed by atoms with Crippen LogP contribution in [0.4, 0.5) is 11.5 Å². The van der Waals surface area contributed by atoms with Crippen LogP contribution in [0, 0.1) is 6.92 Å². The average molecular weight is 379 g/mol. The number of carbonyl (C=O) groups is 1. The van der Waals surface area contributed by atoms with E-state index in [0.29, 0.717) is 22.5 Å². The number of carbonyl (C=O) groups excluding carboxylic acids is 1. The fourth-order valence-corrected chi connectivity index (χ4v) is 3.53. The largest absolute Gasteiger partial charge is 0.506 e. The smallest absolute Gasteiger partial charge is 0.201 e. The Bertz CT molecular complexity index is 1310. The number of para-hydroxylation sites is 1. The fraction of sp³-hybridized carbons (Fsp3) is 0.0417. The molecule has 4 aromatic rings. The summed E-state index contributed by atoms with van der Waals surface area (Å²) in [6.45, 7) is 2.03. The van der Waals surface area contributed by atoms with E-state index in [2.05, 4.69) is 15.3 Å². The zero-order chi connectivity index (χ0) is 20.0. The van der Waals surface area contributed by atoms with Crippen molar-refractivity contribution in [1.29, 1.82) is 0 Å². The third kappa shape index (κ3) is 2.84. The molecule has 29 heavy (non-hydrogen) atoms. The molecule has 1 aliphatic rings. The lowest BCUT2D eigenvalue weighted by atomic mass is 10.1. The van der Waals surface area contributed by atoms with Gasteiger partial charge < -0.3 is 10.4 Å². The number of aryl methyl sites for hydroxylation is 1. The average Bonchev–Trinajstić information content (AvgIpc) is 3.00. The number of anilines is 2. The number of hydrogen-bond donors (Lipinski definition) is 2. The molecule has 0 atom stereocenters. The van der Waals surface area contributed by atoms with Gasteiger partial charge in [-0.2, -0.15) is 0 Å². The standard InChI is InChI=1S/C24H17N3O2/c1-14-10-12-15(13-11-14)25-23-18-8-4-5-9-19(18)26-24(27-23)20-21(28)16-6-2-3-7-17(16)22(20)29/h2-13,28H,1H3,(H,25,26,27). The maximum absolute atomic E-state index is 12.9. The van der Waals surface area contributed by atoms with Crippen molar-refractivity contribution in [2.45, 2.75) is 6.92 Å². The highest BCUT2D eigenvalue weighted by atomic mass is 16.3. The first kappa shape index (κ1) is 17.1. The van der Waals surface area contributed by atoms with Crippen LogP contribution in [0.5, 0.6) is 0 Å². The molecule has 0 saturated carbocycles. The molecular formula is C24H17N3O2. The van der Waals surface area contributed by atoms with E-state index < -0.39 is 0 Å². The van der Waals surface area contributed by atoms with Crippen LogP contribution in [0.2, 0.25) is 0 Å². The van der Waals surface area contributed by atoms with Crippen molar-refractivity contribution in [2.75, 3.05) is 5.32 Å². The fourth-order valence-electron chi connectivity index (χ4n) is 3.53. The van der Waals surface area contributed by atoms with Gasteiger partial charge >= 0.3 is 0 Å². The summed E-state index contributed by atoms with van der Waals surface area (Å²) in [4.78, 5) is 22.1. The summed E-state index contributed by atoms with van der Waals surface area (Å²) in [6.07, 6.45) is 0. The molecule has 0 saturated heterocycles. The lowest BCUT2D eigenvalue weighted by Crippen LogP contribution is -2.06. The molecule has 1 heterocycles. The Hall–Kier alpha value is -3.99. The number of benzene rings is 3. The van der Waals surface area contributed by atoms with E-state index in [9.17, 15) is 9.90 Å². The van der Waals surface area contributed by atoms with Gasteiger partial charge in [0.05, 0.1) is 5.52 Å². The van der Waals surface area contributed by atoms with E-state index in [-0.39, 0.29) is 22.9 Å². The van der Waals surface area contributed by atoms with Crippen molar-refractivity contribution in [1.82, 2.24) is 9.97 Å². The molecule has 0 fully saturated rings. The molecule has 0 aliphatic heterocycles. The number of allylic oxidation sites excluding steroid dienone is 1. The second-order valence-corrected chi connectivity index (χ2v) is 7.00. The summed E-state index contributed by atoms with van der Waals surface area (Å²) in [6, 6.07) is 22.5. The molecular weight excluding hydrogens is 362 g/mol. The number of ketones is 1. The minimum Gasteiger partial charge on any atom is -0.506 e. The van der Waals surface area contributed by atoms with Crippen molar-refractivity contribution in [3.8, 4) is 0 Å². The summed E-state index contributed by atoms with van der Waals surface area (Å²) in [7, 11) is 0. The van der Waals surface area contributed by atoms with Gasteiger partial charge in [-0.15, -0.1) is 0 Å². The number of hydrogen-bond acceptors (Lipinski definition) is 5. The van der Waals surface area contributed by atoms with E-state index in [4.69, 9.17) is 0 Å². The minimum atomic E-state index is -0.269. The molecule has 0 radical (unpaired) electrons. The Morgan fingerprint density at radius 3 is 2.28 bits per heavy atom. The van der Waals surface area contributed by atoms with Gasteiger partial charge in [0, 0.05) is 22.2 Å². The van der Waals surface area contributed by atoms with Crippen LogP contribution in [-0.4, -0.2) is 20.9 Å². The van der Waals surface area contributed by atoms with Crippen LogP contribution in [0.25, 0.3) is 22.2 Å². The molecule has 0 amide bonds. The third-order valence-electron chi connectivity index (χ3n) is 5.03. The highest BCUT2D eigenvalue weighted by molar-refractivity contribution is 6.38. The van der Waals surface area contributed by atoms with Gasteiger partial charge in [-0.1, -0.05) is 54.1 Å². The van der Waals surface area contributed by atoms with E-state index >= 15 is 0 Å². The molecule has 0 unspecified atom stereocenters. The molecule has 5 rings (SSSR count). The van der Waals surface area contributed by atoms with Gasteiger partial charge in [-0.3, -0.25) is 4.79 Å². The van der Waals surface area contributed by atoms with Crippen LogP contribution in [0.3, 0.4) is 0 Å². The second kappa shape index (κ2) is 6.56. The summed E-state index contributed by atoms with van der Waals surface area (Å²) in [5.41, 5.74) is 3.83. The van der Waals surface area contributed by atoms with Gasteiger partial charge in [0.2, 0.25) is 5.78 Å². The monoisotopic (exact) mass is 379 g/mol. The quantitative estimate of drug-likeness (QED) is 0.505. The van der Waals surface area contributed by atoms with E-state index in [1.54, 1.807) is 24.3 Å². The number of aromatic nitrogens is 2. The van der Waals surface area contributed by atoms with Crippen LogP contribution in [0.15, 0.2) is 72.8 Å². The lowest BCUT2D eigenvalue weighted by molar-refractivity contribution is 0.105. The van der Waals surface area contributed by atoms with Gasteiger partial charge in [0.15, 0.2) is 5.82 Å². The SMILES string of the molecule is Cc1ccc(Nc2nc(C3=C(O)c4ccccc4C3=O)nc3ccccc23)cc1. The van der Waals surface area contributed by atoms with E-state index in [0.717, 1.165) is 16.6 Å². The van der Waals surface area contributed by atoms with Crippen LogP contribution < -0.4 is 5.32 Å². The Morgan fingerprint density at radius 2 is 1.52 bits per heavy atom. The number of Topliss-reactive ketones (excluding diaryl/α,β-unsaturated/α-hetero) is 1. The number of nitrogens with one attached hydrogen (secondary N) is 1. The number of aliphatic hydroxyl groups is 1. The molecule has 0 spiro atoms. The summed E-state index contributed by atoms with van der Waals surface area (Å²) >= 11 is 0. The Kier molecular flexibility index (Phi) is 3.88. The zero-order valence-electron chi connectivity index (χ0n) is 15.7. The van der Waals surface area contributed by atoms with Crippen molar-refractivity contribution in [2.24, 2.45) is 0 Å². The van der Waals surface area contributed by atoms with Crippen molar-refractivity contribution < 1.29 is 9.90 Å². The predicted octanol–water partition coefficient (Wildman–Crippen LogP) is 5.30. The Labute approximate surface area is 167 Å². The summed E-state index contributed by atoms with van der Waals surface area (Å²) in [5.74, 6) is 0.437. The van der Waals surface area contributed by atoms with E-state index in [1.807, 2.05) is 55.5 Å². The molecule has 5 heteroatoms. The van der Waals surface area contributed by atoms with Crippen LogP contribution >= 0.6 is 0 Å². The topological polar surface area (TPSA) is 75.1 Å². The van der Waals surface area contributed by atoms with Gasteiger partial charge in [-0.25, -0.2) is 9.97 Å². The van der Waals surface area contributed by atoms with Crippen molar-refractivity contribution >= 4 is 39.5 Å². The van der Waals surface area contributed by atoms with Gasteiger partial charge in [0.25, 0.3) is 0 Å². The molecule has 1 aromatic heterocycles. The predicted molar refractivity (Wildman–Crippen MR) is 114 cm³/mol. The number of fused-ring (bicyclic) bond motifs is 2. The second-order valence-electron chi connectivity index (χ2n) is 7.00. The third-order valence-corrected chi connectivity index (χ3v) is 5.03. The highest BCUT2D eigenvalue weighted by Gasteiger charge is 2.32. The normalized spacial score (nSPS) is 13.1. The van der Waals surface area contributed by atoms with Crippen molar-refractivity contribution in [3.63, 3.8) is 0 Å². The summed E-state index contributed by atoms with van der Waals surface area (Å²) in [5, 5.41) is 14.9. The molecule has 0 bridgehead atoms. The summed E-state index contributed by atoms with van der Waals surface area (Å²) < 4.78 is 0. The molecule has 3 aromatic carbocycles. The first-order valence-corrected chi connectivity index (χ1v) is 9.30. The minimum absolute atomic E-state index is 0.0813. The Morgan fingerprint density at radius 1 is 0.828 bits per heavy atom.